The number of aryl methyl sites for hydroxylation is 4. The minimum atomic E-state index is -0.102. The lowest BCUT2D eigenvalue weighted by atomic mass is 10.0. The second kappa shape index (κ2) is 8.51. The molecule has 0 unspecified atom stereocenters. The van der Waals surface area contributed by atoms with Crippen molar-refractivity contribution in [2.45, 2.75) is 32.7 Å². The molecule has 3 aromatic heterocycles. The van der Waals surface area contributed by atoms with E-state index in [9.17, 15) is 4.79 Å². The molecule has 9 heteroatoms. The lowest BCUT2D eigenvalue weighted by Crippen LogP contribution is -2.23. The zero-order valence-electron chi connectivity index (χ0n) is 17.9. The molecule has 162 valence electrons. The van der Waals surface area contributed by atoms with Crippen LogP contribution in [0.5, 0.6) is 0 Å². The molecular formula is C23H23N7OS. The van der Waals surface area contributed by atoms with E-state index >= 15 is 0 Å². The van der Waals surface area contributed by atoms with E-state index < -0.39 is 0 Å². The Kier molecular flexibility index (Phi) is 5.40. The minimum absolute atomic E-state index is 0.102. The van der Waals surface area contributed by atoms with Crippen molar-refractivity contribution in [3.05, 3.63) is 69.6 Å². The first-order valence-corrected chi connectivity index (χ1v) is 11.3. The molecule has 0 aliphatic heterocycles. The number of hydrogen-bond donors (Lipinski definition) is 2. The lowest BCUT2D eigenvalue weighted by Gasteiger charge is -2.10. The van der Waals surface area contributed by atoms with Crippen LogP contribution < -0.4 is 10.6 Å². The average Bonchev–Trinajstić information content (AvgIpc) is 3.49. The largest absolute Gasteiger partial charge is 0.346 e. The first-order chi connectivity index (χ1) is 15.5. The van der Waals surface area contributed by atoms with Gasteiger partial charge in [0.2, 0.25) is 5.95 Å². The summed E-state index contributed by atoms with van der Waals surface area (Å²) in [6.45, 7) is 2.51. The van der Waals surface area contributed by atoms with E-state index in [1.807, 2.05) is 38.4 Å². The number of nitrogens with one attached hydrogen (secondary N) is 2. The molecule has 1 aliphatic carbocycles. The van der Waals surface area contributed by atoms with Crippen LogP contribution in [0.2, 0.25) is 0 Å². The van der Waals surface area contributed by atoms with Crippen molar-refractivity contribution in [2.75, 3.05) is 5.32 Å². The van der Waals surface area contributed by atoms with Crippen molar-refractivity contribution in [3.8, 4) is 11.3 Å². The smallest absolute Gasteiger partial charge is 0.280 e. The highest BCUT2D eigenvalue weighted by Crippen LogP contribution is 2.27. The Bertz CT molecular complexity index is 1270. The van der Waals surface area contributed by atoms with Gasteiger partial charge >= 0.3 is 0 Å². The number of anilines is 2. The van der Waals surface area contributed by atoms with Crippen molar-refractivity contribution < 1.29 is 4.79 Å². The van der Waals surface area contributed by atoms with Gasteiger partial charge < -0.3 is 10.6 Å². The first-order valence-electron chi connectivity index (χ1n) is 10.5. The van der Waals surface area contributed by atoms with Gasteiger partial charge in [0.1, 0.15) is 0 Å². The summed E-state index contributed by atoms with van der Waals surface area (Å²) < 4.78 is 1.72. The number of nitrogens with zero attached hydrogens (tertiary/aromatic N) is 5. The van der Waals surface area contributed by atoms with Gasteiger partial charge in [0, 0.05) is 36.4 Å². The van der Waals surface area contributed by atoms with Crippen LogP contribution in [0, 0.1) is 6.92 Å². The van der Waals surface area contributed by atoms with Gasteiger partial charge in [-0.3, -0.25) is 9.48 Å². The van der Waals surface area contributed by atoms with Crippen molar-refractivity contribution in [1.29, 1.82) is 0 Å². The summed E-state index contributed by atoms with van der Waals surface area (Å²) in [5.41, 5.74) is 5.90. The Labute approximate surface area is 189 Å². The molecule has 3 heterocycles. The van der Waals surface area contributed by atoms with E-state index in [2.05, 4.69) is 36.8 Å². The molecule has 1 amide bonds. The highest BCUT2D eigenvalue weighted by atomic mass is 32.1. The molecule has 1 aliphatic rings. The normalized spacial score (nSPS) is 12.6. The number of hydrogen-bond acceptors (Lipinski definition) is 7. The molecule has 1 aromatic carbocycles. The van der Waals surface area contributed by atoms with Gasteiger partial charge in [-0.2, -0.15) is 5.10 Å². The molecule has 0 bridgehead atoms. The SMILES string of the molecule is Cc1cc(-c2ccnc(Nc3cnn(C)c3)n2)ccc1CNC(=O)c1nc2c(s1)CCC2. The fourth-order valence-corrected chi connectivity index (χ4v) is 4.85. The number of carbonyl (C=O) groups excluding carboxylic acids is 1. The summed E-state index contributed by atoms with van der Waals surface area (Å²) in [4.78, 5) is 27.2. The molecular weight excluding hydrogens is 422 g/mol. The van der Waals surface area contributed by atoms with Crippen LogP contribution in [0.4, 0.5) is 11.6 Å². The van der Waals surface area contributed by atoms with Gasteiger partial charge in [0.25, 0.3) is 5.91 Å². The predicted molar refractivity (Wildman–Crippen MR) is 124 cm³/mol. The molecule has 0 saturated heterocycles. The number of carbonyl (C=O) groups is 1. The second-order valence-electron chi connectivity index (χ2n) is 7.86. The number of amides is 1. The van der Waals surface area contributed by atoms with Gasteiger partial charge in [-0.15, -0.1) is 11.3 Å². The summed E-state index contributed by atoms with van der Waals surface area (Å²) >= 11 is 1.52. The van der Waals surface area contributed by atoms with Gasteiger partial charge in [-0.05, 0) is 49.4 Å². The van der Waals surface area contributed by atoms with Crippen LogP contribution in [0.3, 0.4) is 0 Å². The van der Waals surface area contributed by atoms with Crippen LogP contribution in [0.25, 0.3) is 11.3 Å². The van der Waals surface area contributed by atoms with E-state index in [-0.39, 0.29) is 5.91 Å². The molecule has 0 atom stereocenters. The zero-order valence-corrected chi connectivity index (χ0v) is 18.7. The molecule has 0 spiro atoms. The van der Waals surface area contributed by atoms with Crippen molar-refractivity contribution in [1.82, 2.24) is 30.0 Å². The molecule has 2 N–H and O–H groups in total. The van der Waals surface area contributed by atoms with E-state index in [0.29, 0.717) is 17.5 Å². The van der Waals surface area contributed by atoms with Gasteiger partial charge in [-0.1, -0.05) is 12.1 Å². The second-order valence-corrected chi connectivity index (χ2v) is 8.94. The van der Waals surface area contributed by atoms with E-state index in [4.69, 9.17) is 0 Å². The lowest BCUT2D eigenvalue weighted by molar-refractivity contribution is 0.0950. The maximum atomic E-state index is 12.5. The summed E-state index contributed by atoms with van der Waals surface area (Å²) in [5, 5.41) is 10.9. The molecule has 0 fully saturated rings. The molecule has 5 rings (SSSR count). The van der Waals surface area contributed by atoms with Crippen LogP contribution in [0.15, 0.2) is 42.9 Å². The number of aromatic nitrogens is 5. The van der Waals surface area contributed by atoms with Gasteiger partial charge in [0.15, 0.2) is 5.01 Å². The fraction of sp³-hybridized carbons (Fsp3) is 0.261. The first kappa shape index (κ1) is 20.3. The monoisotopic (exact) mass is 445 g/mol. The van der Waals surface area contributed by atoms with Crippen LogP contribution in [-0.4, -0.2) is 30.6 Å². The van der Waals surface area contributed by atoms with Gasteiger partial charge in [0.05, 0.1) is 23.3 Å². The summed E-state index contributed by atoms with van der Waals surface area (Å²) in [6.07, 6.45) is 8.50. The predicted octanol–water partition coefficient (Wildman–Crippen LogP) is 3.80. The van der Waals surface area contributed by atoms with Crippen LogP contribution in [-0.2, 0) is 26.4 Å². The van der Waals surface area contributed by atoms with E-state index in [0.717, 1.165) is 53.0 Å². The Morgan fingerprint density at radius 1 is 1.22 bits per heavy atom. The third-order valence-electron chi connectivity index (χ3n) is 5.48. The van der Waals surface area contributed by atoms with E-state index in [1.165, 1.54) is 16.2 Å². The van der Waals surface area contributed by atoms with Crippen LogP contribution >= 0.6 is 11.3 Å². The standard InChI is InChI=1S/C23H23N7OS/c1-14-10-15(18-8-9-24-23(29-18)27-17-12-26-30(2)13-17)6-7-16(14)11-25-21(31)22-28-19-4-3-5-20(19)32-22/h6-10,12-13H,3-5,11H2,1-2H3,(H,25,31)(H,24,27,29). The zero-order chi connectivity index (χ0) is 22.1. The number of fused-ring (bicyclic) bond motifs is 1. The Morgan fingerprint density at radius 3 is 2.91 bits per heavy atom. The summed E-state index contributed by atoms with van der Waals surface area (Å²) in [7, 11) is 1.86. The van der Waals surface area contributed by atoms with Crippen molar-refractivity contribution in [3.63, 3.8) is 0 Å². The summed E-state index contributed by atoms with van der Waals surface area (Å²) in [6, 6.07) is 8.01. The van der Waals surface area contributed by atoms with Gasteiger partial charge in [-0.25, -0.2) is 15.0 Å². The highest BCUT2D eigenvalue weighted by Gasteiger charge is 2.20. The van der Waals surface area contributed by atoms with Crippen LogP contribution in [0.1, 0.15) is 37.9 Å². The topological polar surface area (TPSA) is 97.6 Å². The number of rotatable bonds is 6. The third-order valence-corrected chi connectivity index (χ3v) is 6.64. The Balaban J connectivity index is 1.26. The van der Waals surface area contributed by atoms with E-state index in [1.54, 1.807) is 17.1 Å². The quantitative estimate of drug-likeness (QED) is 0.468. The van der Waals surface area contributed by atoms with Crippen molar-refractivity contribution in [2.24, 2.45) is 7.05 Å². The average molecular weight is 446 g/mol. The highest BCUT2D eigenvalue weighted by molar-refractivity contribution is 7.13. The number of thiazole rings is 1. The summed E-state index contributed by atoms with van der Waals surface area (Å²) in [5.74, 6) is 0.412. The Morgan fingerprint density at radius 2 is 2.12 bits per heavy atom. The van der Waals surface area contributed by atoms with Crippen molar-refractivity contribution >= 4 is 28.9 Å². The molecule has 8 nitrogen and oxygen atoms in total. The fourth-order valence-electron chi connectivity index (χ4n) is 3.79. The molecule has 4 aromatic rings. The maximum Gasteiger partial charge on any atom is 0.280 e. The maximum absolute atomic E-state index is 12.5. The molecule has 32 heavy (non-hydrogen) atoms. The third kappa shape index (κ3) is 4.24. The molecule has 0 saturated carbocycles. The number of benzene rings is 1. The molecule has 0 radical (unpaired) electrons. The Hall–Kier alpha value is -3.59. The minimum Gasteiger partial charge on any atom is -0.346 e.